The molecule has 1 saturated heterocycles. The van der Waals surface area contributed by atoms with Crippen LogP contribution in [0.15, 0.2) is 5.16 Å². The maximum atomic E-state index is 10.8. The zero-order valence-corrected chi connectivity index (χ0v) is 13.4. The smallest absolute Gasteiger partial charge is 0.313 e. The zero-order chi connectivity index (χ0) is 15.2. The fraction of sp³-hybridized carbons (Fsp3) is 0.786. The predicted octanol–water partition coefficient (Wildman–Crippen LogP) is 2.22. The molecule has 1 aromatic heterocycles. The molecule has 7 heteroatoms. The van der Waals surface area contributed by atoms with Gasteiger partial charge in [-0.05, 0) is 19.3 Å². The van der Waals surface area contributed by atoms with E-state index in [0.29, 0.717) is 17.2 Å². The fourth-order valence-electron chi connectivity index (χ4n) is 2.73. The van der Waals surface area contributed by atoms with Gasteiger partial charge in [-0.25, -0.2) is 0 Å². The molecule has 0 aromatic carbocycles. The minimum Gasteiger partial charge on any atom is -0.481 e. The van der Waals surface area contributed by atoms with Crippen molar-refractivity contribution in [1.82, 2.24) is 14.8 Å². The highest BCUT2D eigenvalue weighted by atomic mass is 32.2. The Morgan fingerprint density at radius 2 is 2.29 bits per heavy atom. The van der Waals surface area contributed by atoms with Gasteiger partial charge in [-0.15, -0.1) is 10.2 Å². The number of hydrogen-bond donors (Lipinski definition) is 1. The summed E-state index contributed by atoms with van der Waals surface area (Å²) in [5, 5.41) is 18.0. The number of carboxylic acid groups (broad SMARTS) is 1. The van der Waals surface area contributed by atoms with Crippen molar-refractivity contribution < 1.29 is 14.6 Å². The van der Waals surface area contributed by atoms with Crippen LogP contribution in [0.25, 0.3) is 0 Å². The highest BCUT2D eigenvalue weighted by Crippen LogP contribution is 2.28. The van der Waals surface area contributed by atoms with Crippen molar-refractivity contribution in [3.63, 3.8) is 0 Å². The summed E-state index contributed by atoms with van der Waals surface area (Å²) >= 11 is 1.24. The molecule has 0 spiro atoms. The van der Waals surface area contributed by atoms with Gasteiger partial charge in [-0.1, -0.05) is 25.6 Å². The molecule has 1 aliphatic heterocycles. The number of aliphatic carboxylic acids is 1. The van der Waals surface area contributed by atoms with Gasteiger partial charge in [0, 0.05) is 25.5 Å². The van der Waals surface area contributed by atoms with Crippen LogP contribution in [0.2, 0.25) is 0 Å². The second-order valence-corrected chi connectivity index (χ2v) is 6.25. The largest absolute Gasteiger partial charge is 0.481 e. The van der Waals surface area contributed by atoms with E-state index in [2.05, 4.69) is 28.6 Å². The fourth-order valence-corrected chi connectivity index (χ4v) is 3.42. The van der Waals surface area contributed by atoms with Gasteiger partial charge in [-0.2, -0.15) is 0 Å². The summed E-state index contributed by atoms with van der Waals surface area (Å²) in [4.78, 5) is 10.8. The molecule has 0 radical (unpaired) electrons. The molecule has 2 atom stereocenters. The summed E-state index contributed by atoms with van der Waals surface area (Å²) < 4.78 is 7.84. The van der Waals surface area contributed by atoms with Gasteiger partial charge in [0.05, 0.1) is 11.9 Å². The van der Waals surface area contributed by atoms with Crippen LogP contribution in [0.1, 0.15) is 38.9 Å². The normalized spacial score (nSPS) is 21.8. The third kappa shape index (κ3) is 4.20. The summed E-state index contributed by atoms with van der Waals surface area (Å²) in [5.74, 6) is 0.600. The number of aryl methyl sites for hydroxylation is 1. The van der Waals surface area contributed by atoms with Gasteiger partial charge in [0.15, 0.2) is 5.16 Å². The first-order chi connectivity index (χ1) is 10.2. The molecule has 0 aliphatic carbocycles. The van der Waals surface area contributed by atoms with Crippen LogP contribution in [0, 0.1) is 5.92 Å². The average Bonchev–Trinajstić information content (AvgIpc) is 3.05. The summed E-state index contributed by atoms with van der Waals surface area (Å²) in [5.41, 5.74) is 0. The van der Waals surface area contributed by atoms with E-state index in [1.165, 1.54) is 11.8 Å². The second kappa shape index (κ2) is 7.79. The van der Waals surface area contributed by atoms with Crippen LogP contribution in [0.4, 0.5) is 0 Å². The molecule has 0 bridgehead atoms. The van der Waals surface area contributed by atoms with Crippen LogP contribution in [-0.2, 0) is 22.5 Å². The molecular weight excluding hydrogens is 290 g/mol. The average molecular weight is 313 g/mol. The van der Waals surface area contributed by atoms with E-state index in [9.17, 15) is 4.79 Å². The number of nitrogens with zero attached hydrogens (tertiary/aromatic N) is 3. The molecular formula is C14H23N3O3S. The highest BCUT2D eigenvalue weighted by Gasteiger charge is 2.28. The molecule has 2 rings (SSSR count). The first kappa shape index (κ1) is 16.3. The highest BCUT2D eigenvalue weighted by molar-refractivity contribution is 7.99. The number of carbonyl (C=O) groups is 1. The summed E-state index contributed by atoms with van der Waals surface area (Å²) in [7, 11) is 0. The van der Waals surface area contributed by atoms with Crippen molar-refractivity contribution in [1.29, 1.82) is 0 Å². The molecule has 118 valence electrons. The van der Waals surface area contributed by atoms with Gasteiger partial charge in [0.25, 0.3) is 0 Å². The molecule has 6 nitrogen and oxygen atoms in total. The van der Waals surface area contributed by atoms with Crippen molar-refractivity contribution in [3.8, 4) is 0 Å². The van der Waals surface area contributed by atoms with Crippen molar-refractivity contribution in [3.05, 3.63) is 5.82 Å². The molecule has 21 heavy (non-hydrogen) atoms. The van der Waals surface area contributed by atoms with Gasteiger partial charge >= 0.3 is 5.97 Å². The van der Waals surface area contributed by atoms with Crippen molar-refractivity contribution >= 4 is 17.7 Å². The summed E-state index contributed by atoms with van der Waals surface area (Å²) in [6.45, 7) is 5.88. The van der Waals surface area contributed by atoms with Crippen LogP contribution in [-0.4, -0.2) is 44.3 Å². The number of rotatable bonds is 8. The maximum absolute atomic E-state index is 10.8. The summed E-state index contributed by atoms with van der Waals surface area (Å²) in [6, 6.07) is 0. The molecule has 1 aromatic rings. The Kier molecular flexibility index (Phi) is 6.05. The van der Waals surface area contributed by atoms with Crippen LogP contribution in [0.3, 0.4) is 0 Å². The Morgan fingerprint density at radius 1 is 1.48 bits per heavy atom. The Morgan fingerprint density at radius 3 is 2.95 bits per heavy atom. The van der Waals surface area contributed by atoms with E-state index in [1.54, 1.807) is 0 Å². The molecule has 1 N–H and O–H groups in total. The predicted molar refractivity (Wildman–Crippen MR) is 80.5 cm³/mol. The molecule has 1 aliphatic rings. The topological polar surface area (TPSA) is 77.2 Å². The van der Waals surface area contributed by atoms with E-state index in [-0.39, 0.29) is 5.75 Å². The lowest BCUT2D eigenvalue weighted by atomic mass is 9.99. The number of carboxylic acids is 1. The molecule has 2 heterocycles. The van der Waals surface area contributed by atoms with E-state index >= 15 is 0 Å². The quantitative estimate of drug-likeness (QED) is 0.742. The van der Waals surface area contributed by atoms with E-state index < -0.39 is 5.97 Å². The lowest BCUT2D eigenvalue weighted by Crippen LogP contribution is -2.22. The van der Waals surface area contributed by atoms with E-state index in [4.69, 9.17) is 9.84 Å². The molecule has 0 amide bonds. The Hall–Kier alpha value is -1.08. The molecule has 1 fully saturated rings. The minimum atomic E-state index is -0.831. The lowest BCUT2D eigenvalue weighted by Gasteiger charge is -2.19. The van der Waals surface area contributed by atoms with Crippen LogP contribution in [0.5, 0.6) is 0 Å². The third-order valence-electron chi connectivity index (χ3n) is 3.76. The zero-order valence-electron chi connectivity index (χ0n) is 12.6. The minimum absolute atomic E-state index is 0.0165. The lowest BCUT2D eigenvalue weighted by molar-refractivity contribution is -0.133. The number of hydrogen-bond acceptors (Lipinski definition) is 5. The van der Waals surface area contributed by atoms with Crippen molar-refractivity contribution in [2.24, 2.45) is 5.92 Å². The first-order valence-corrected chi connectivity index (χ1v) is 8.52. The standard InChI is InChI=1S/C14H23N3O3S/c1-3-5-12-15-16-14(21-9-13(18)19)17(12)8-10-6-7-20-11(10)4-2/h10-11H,3-9H2,1-2H3,(H,18,19). The second-order valence-electron chi connectivity index (χ2n) is 5.31. The SMILES string of the molecule is CCCc1nnc(SCC(=O)O)n1CC1CCOC1CC. The van der Waals surface area contributed by atoms with Crippen molar-refractivity contribution in [2.75, 3.05) is 12.4 Å². The third-order valence-corrected chi connectivity index (χ3v) is 4.71. The van der Waals surface area contributed by atoms with E-state index in [1.807, 2.05) is 0 Å². The number of ether oxygens (including phenoxy) is 1. The number of aromatic nitrogens is 3. The Bertz CT molecular complexity index is 478. The van der Waals surface area contributed by atoms with E-state index in [0.717, 1.165) is 44.7 Å². The van der Waals surface area contributed by atoms with Gasteiger partial charge in [0.2, 0.25) is 0 Å². The molecule has 2 unspecified atom stereocenters. The Labute approximate surface area is 129 Å². The van der Waals surface area contributed by atoms with Gasteiger partial charge in [0.1, 0.15) is 5.82 Å². The van der Waals surface area contributed by atoms with Crippen LogP contribution >= 0.6 is 11.8 Å². The number of thioether (sulfide) groups is 1. The van der Waals surface area contributed by atoms with Gasteiger partial charge in [-0.3, -0.25) is 4.79 Å². The maximum Gasteiger partial charge on any atom is 0.313 e. The van der Waals surface area contributed by atoms with Crippen molar-refractivity contribution in [2.45, 2.75) is 57.3 Å². The van der Waals surface area contributed by atoms with Crippen LogP contribution < -0.4 is 0 Å². The van der Waals surface area contributed by atoms with Gasteiger partial charge < -0.3 is 14.4 Å². The Balaban J connectivity index is 2.13. The summed E-state index contributed by atoms with van der Waals surface area (Å²) in [6.07, 6.45) is 4.21. The monoisotopic (exact) mass is 313 g/mol. The first-order valence-electron chi connectivity index (χ1n) is 7.53. The molecule has 0 saturated carbocycles.